The quantitative estimate of drug-likeness (QED) is 0.594. The zero-order valence-electron chi connectivity index (χ0n) is 20.1. The first-order valence-corrected chi connectivity index (χ1v) is 12.0. The third-order valence-corrected chi connectivity index (χ3v) is 6.30. The van der Waals surface area contributed by atoms with Gasteiger partial charge in [0.1, 0.15) is 17.4 Å². The predicted molar refractivity (Wildman–Crippen MR) is 135 cm³/mol. The maximum absolute atomic E-state index is 10.1. The standard InChI is InChI=1S/C26H32N6O2/c1-18(2)17-30(3)23-16-20(7-9-27-23)32-10-8-22-24(19-5-4-6-21(33)15-19)28-26(29-25(22)32)31-11-13-34-14-12-31/h4-7,9,15-16,18,33H,8,10-14,17H2,1-3H3. The molecule has 1 saturated heterocycles. The molecule has 0 spiro atoms. The van der Waals surface area contributed by atoms with E-state index in [1.807, 2.05) is 24.4 Å². The Balaban J connectivity index is 1.57. The van der Waals surface area contributed by atoms with Gasteiger partial charge in [-0.3, -0.25) is 0 Å². The summed E-state index contributed by atoms with van der Waals surface area (Å²) in [5.41, 5.74) is 3.97. The molecule has 1 aromatic carbocycles. The van der Waals surface area contributed by atoms with E-state index < -0.39 is 0 Å². The number of hydrogen-bond acceptors (Lipinski definition) is 8. The van der Waals surface area contributed by atoms with Gasteiger partial charge >= 0.3 is 0 Å². The number of aromatic nitrogens is 3. The van der Waals surface area contributed by atoms with Crippen LogP contribution in [0.15, 0.2) is 42.6 Å². The van der Waals surface area contributed by atoms with Gasteiger partial charge in [0.25, 0.3) is 0 Å². The summed E-state index contributed by atoms with van der Waals surface area (Å²) in [6.45, 7) is 9.05. The number of pyridine rings is 1. The summed E-state index contributed by atoms with van der Waals surface area (Å²) < 4.78 is 5.55. The molecular formula is C26H32N6O2. The Hall–Kier alpha value is -3.39. The zero-order valence-corrected chi connectivity index (χ0v) is 20.1. The van der Waals surface area contributed by atoms with E-state index in [1.165, 1.54) is 0 Å². The molecule has 0 unspecified atom stereocenters. The van der Waals surface area contributed by atoms with Gasteiger partial charge in [0.05, 0.1) is 18.9 Å². The molecule has 0 amide bonds. The minimum atomic E-state index is 0.236. The minimum Gasteiger partial charge on any atom is -0.508 e. The Morgan fingerprint density at radius 3 is 2.68 bits per heavy atom. The average molecular weight is 461 g/mol. The van der Waals surface area contributed by atoms with Crippen LogP contribution < -0.4 is 14.7 Å². The van der Waals surface area contributed by atoms with Crippen molar-refractivity contribution in [2.45, 2.75) is 20.3 Å². The van der Waals surface area contributed by atoms with Gasteiger partial charge in [0, 0.05) is 62.3 Å². The number of morpholine rings is 1. The number of hydrogen-bond donors (Lipinski definition) is 1. The van der Waals surface area contributed by atoms with Gasteiger partial charge in [-0.15, -0.1) is 0 Å². The van der Waals surface area contributed by atoms with Crippen molar-refractivity contribution < 1.29 is 9.84 Å². The zero-order chi connectivity index (χ0) is 23.7. The molecule has 3 aromatic rings. The molecule has 2 aliphatic rings. The van der Waals surface area contributed by atoms with Crippen LogP contribution >= 0.6 is 0 Å². The molecule has 2 aromatic heterocycles. The first-order chi connectivity index (χ1) is 16.5. The number of phenolic OH excluding ortho intramolecular Hbond substituents is 1. The summed E-state index contributed by atoms with van der Waals surface area (Å²) in [7, 11) is 2.09. The van der Waals surface area contributed by atoms with Crippen LogP contribution in [0, 0.1) is 5.92 Å². The Labute approximate surface area is 200 Å². The molecule has 0 aliphatic carbocycles. The third-order valence-electron chi connectivity index (χ3n) is 6.30. The van der Waals surface area contributed by atoms with Crippen molar-refractivity contribution in [3.05, 3.63) is 48.2 Å². The highest BCUT2D eigenvalue weighted by atomic mass is 16.5. The molecule has 4 heterocycles. The van der Waals surface area contributed by atoms with Gasteiger partial charge in [0.2, 0.25) is 5.95 Å². The van der Waals surface area contributed by atoms with Crippen molar-refractivity contribution in [2.75, 3.05) is 61.1 Å². The van der Waals surface area contributed by atoms with Crippen molar-refractivity contribution in [1.82, 2.24) is 15.0 Å². The lowest BCUT2D eigenvalue weighted by Gasteiger charge is -2.28. The van der Waals surface area contributed by atoms with Crippen LogP contribution in [0.25, 0.3) is 11.3 Å². The number of rotatable bonds is 6. The Kier molecular flexibility index (Phi) is 6.24. The lowest BCUT2D eigenvalue weighted by atomic mass is 10.1. The van der Waals surface area contributed by atoms with E-state index in [0.29, 0.717) is 25.1 Å². The Bertz CT molecular complexity index is 1160. The van der Waals surface area contributed by atoms with E-state index in [-0.39, 0.29) is 5.75 Å². The molecule has 0 atom stereocenters. The van der Waals surface area contributed by atoms with Crippen LogP contribution in [0.3, 0.4) is 0 Å². The minimum absolute atomic E-state index is 0.236. The highest BCUT2D eigenvalue weighted by molar-refractivity contribution is 5.78. The van der Waals surface area contributed by atoms with Crippen LogP contribution in [0.2, 0.25) is 0 Å². The molecule has 178 valence electrons. The third kappa shape index (κ3) is 4.50. The number of fused-ring (bicyclic) bond motifs is 1. The molecule has 8 nitrogen and oxygen atoms in total. The maximum atomic E-state index is 10.1. The Morgan fingerprint density at radius 1 is 1.09 bits per heavy atom. The van der Waals surface area contributed by atoms with E-state index in [0.717, 1.165) is 66.7 Å². The van der Waals surface area contributed by atoms with Crippen molar-refractivity contribution in [3.8, 4) is 17.0 Å². The van der Waals surface area contributed by atoms with Crippen LogP contribution in [-0.4, -0.2) is 66.5 Å². The van der Waals surface area contributed by atoms with Crippen LogP contribution in [0.4, 0.5) is 23.3 Å². The normalized spacial score (nSPS) is 15.6. The number of anilines is 4. The van der Waals surface area contributed by atoms with Gasteiger partial charge in [0.15, 0.2) is 0 Å². The van der Waals surface area contributed by atoms with E-state index >= 15 is 0 Å². The van der Waals surface area contributed by atoms with Gasteiger partial charge in [-0.2, -0.15) is 4.98 Å². The number of nitrogens with zero attached hydrogens (tertiary/aromatic N) is 6. The molecule has 1 fully saturated rings. The first-order valence-electron chi connectivity index (χ1n) is 12.0. The summed E-state index contributed by atoms with van der Waals surface area (Å²) in [6, 6.07) is 11.5. The summed E-state index contributed by atoms with van der Waals surface area (Å²) >= 11 is 0. The maximum Gasteiger partial charge on any atom is 0.228 e. The fourth-order valence-corrected chi connectivity index (χ4v) is 4.72. The first kappa shape index (κ1) is 22.4. The number of ether oxygens (including phenoxy) is 1. The van der Waals surface area contributed by atoms with E-state index in [9.17, 15) is 5.11 Å². The summed E-state index contributed by atoms with van der Waals surface area (Å²) in [6.07, 6.45) is 2.71. The highest BCUT2D eigenvalue weighted by Crippen LogP contribution is 2.40. The fourth-order valence-electron chi connectivity index (χ4n) is 4.72. The lowest BCUT2D eigenvalue weighted by Crippen LogP contribution is -2.37. The van der Waals surface area contributed by atoms with E-state index in [1.54, 1.807) is 12.1 Å². The molecule has 5 rings (SSSR count). The van der Waals surface area contributed by atoms with Gasteiger partial charge < -0.3 is 24.5 Å². The second-order valence-corrected chi connectivity index (χ2v) is 9.37. The molecule has 0 bridgehead atoms. The molecule has 1 N–H and O–H groups in total. The van der Waals surface area contributed by atoms with Gasteiger partial charge in [-0.25, -0.2) is 9.97 Å². The van der Waals surface area contributed by atoms with Crippen molar-refractivity contribution in [1.29, 1.82) is 0 Å². The fraction of sp³-hybridized carbons (Fsp3) is 0.423. The molecule has 2 aliphatic heterocycles. The molecular weight excluding hydrogens is 428 g/mol. The van der Waals surface area contributed by atoms with Crippen LogP contribution in [0.1, 0.15) is 19.4 Å². The smallest absolute Gasteiger partial charge is 0.228 e. The summed E-state index contributed by atoms with van der Waals surface area (Å²) in [5.74, 6) is 3.38. The molecule has 34 heavy (non-hydrogen) atoms. The van der Waals surface area contributed by atoms with Crippen LogP contribution in [-0.2, 0) is 11.2 Å². The number of phenols is 1. The van der Waals surface area contributed by atoms with E-state index in [2.05, 4.69) is 46.6 Å². The predicted octanol–water partition coefficient (Wildman–Crippen LogP) is 3.87. The van der Waals surface area contributed by atoms with Crippen molar-refractivity contribution in [3.63, 3.8) is 0 Å². The monoisotopic (exact) mass is 460 g/mol. The van der Waals surface area contributed by atoms with Crippen molar-refractivity contribution in [2.24, 2.45) is 5.92 Å². The summed E-state index contributed by atoms with van der Waals surface area (Å²) in [5, 5.41) is 10.1. The highest BCUT2D eigenvalue weighted by Gasteiger charge is 2.29. The van der Waals surface area contributed by atoms with E-state index in [4.69, 9.17) is 14.7 Å². The second-order valence-electron chi connectivity index (χ2n) is 9.37. The molecule has 8 heteroatoms. The van der Waals surface area contributed by atoms with Gasteiger partial charge in [-0.05, 0) is 30.5 Å². The molecule has 0 saturated carbocycles. The van der Waals surface area contributed by atoms with Gasteiger partial charge in [-0.1, -0.05) is 26.0 Å². The Morgan fingerprint density at radius 2 is 1.91 bits per heavy atom. The second kappa shape index (κ2) is 9.46. The largest absolute Gasteiger partial charge is 0.508 e. The van der Waals surface area contributed by atoms with Crippen LogP contribution in [0.5, 0.6) is 5.75 Å². The lowest BCUT2D eigenvalue weighted by molar-refractivity contribution is 0.122. The number of aromatic hydroxyl groups is 1. The van der Waals surface area contributed by atoms with Crippen molar-refractivity contribution >= 4 is 23.3 Å². The number of benzene rings is 1. The topological polar surface area (TPSA) is 77.9 Å². The molecule has 0 radical (unpaired) electrons. The SMILES string of the molecule is CC(C)CN(C)c1cc(N2CCc3c(-c4cccc(O)c4)nc(N4CCOCC4)nc32)ccn1. The summed E-state index contributed by atoms with van der Waals surface area (Å²) in [4.78, 5) is 21.3. The average Bonchev–Trinajstić information content (AvgIpc) is 3.28.